The average Bonchev–Trinajstić information content (AvgIpc) is 2.96. The number of H-pyrrole nitrogens is 1. The molecule has 0 saturated carbocycles. The number of halogens is 1. The highest BCUT2D eigenvalue weighted by atomic mass is 79.9. The summed E-state index contributed by atoms with van der Waals surface area (Å²) in [6, 6.07) is 14.0. The Hall–Kier alpha value is -1.24. The Bertz CT molecular complexity index is 727. The van der Waals surface area contributed by atoms with Gasteiger partial charge in [-0.3, -0.25) is 9.67 Å². The van der Waals surface area contributed by atoms with E-state index in [1.54, 1.807) is 11.3 Å². The van der Waals surface area contributed by atoms with Crippen molar-refractivity contribution in [1.82, 2.24) is 14.8 Å². The van der Waals surface area contributed by atoms with Gasteiger partial charge in [-0.15, -0.1) is 11.3 Å². The Kier molecular flexibility index (Phi) is 3.15. The zero-order valence-corrected chi connectivity index (χ0v) is 12.3. The molecule has 1 N–H and O–H groups in total. The highest BCUT2D eigenvalue weighted by molar-refractivity contribution is 9.11. The molecule has 3 nitrogen and oxygen atoms in total. The Morgan fingerprint density at radius 3 is 2.61 bits per heavy atom. The van der Waals surface area contributed by atoms with E-state index in [0.717, 1.165) is 20.2 Å². The van der Waals surface area contributed by atoms with Gasteiger partial charge in [0.2, 0.25) is 0 Å². The molecule has 0 atom stereocenters. The molecule has 0 saturated heterocycles. The molecule has 0 radical (unpaired) electrons. The van der Waals surface area contributed by atoms with Gasteiger partial charge < -0.3 is 0 Å². The molecule has 18 heavy (non-hydrogen) atoms. The summed E-state index contributed by atoms with van der Waals surface area (Å²) >= 11 is 10.4. The SMILES string of the molecule is S=c1[nH]nc(-c2ccc(Br)s2)n1-c1ccccc1. The lowest BCUT2D eigenvalue weighted by Crippen LogP contribution is -1.95. The van der Waals surface area contributed by atoms with Crippen LogP contribution in [0.5, 0.6) is 0 Å². The van der Waals surface area contributed by atoms with Gasteiger partial charge in [-0.25, -0.2) is 0 Å². The lowest BCUT2D eigenvalue weighted by atomic mass is 10.3. The highest BCUT2D eigenvalue weighted by Gasteiger charge is 2.12. The Balaban J connectivity index is 2.22. The third-order valence-electron chi connectivity index (χ3n) is 2.48. The molecule has 6 heteroatoms. The fourth-order valence-corrected chi connectivity index (χ4v) is 3.32. The monoisotopic (exact) mass is 337 g/mol. The Morgan fingerprint density at radius 1 is 1.17 bits per heavy atom. The minimum Gasteiger partial charge on any atom is -0.267 e. The molecule has 2 aromatic heterocycles. The van der Waals surface area contributed by atoms with Gasteiger partial charge in [-0.05, 0) is 52.4 Å². The van der Waals surface area contributed by atoms with Crippen molar-refractivity contribution < 1.29 is 0 Å². The van der Waals surface area contributed by atoms with Gasteiger partial charge in [-0.2, -0.15) is 5.10 Å². The van der Waals surface area contributed by atoms with Crippen LogP contribution in [-0.2, 0) is 0 Å². The molecule has 3 rings (SSSR count). The van der Waals surface area contributed by atoms with E-state index in [1.165, 1.54) is 0 Å². The lowest BCUT2D eigenvalue weighted by molar-refractivity contribution is 1.04. The van der Waals surface area contributed by atoms with E-state index in [2.05, 4.69) is 26.1 Å². The first-order valence-electron chi connectivity index (χ1n) is 5.24. The molecule has 0 spiro atoms. The van der Waals surface area contributed by atoms with Crippen LogP contribution in [-0.4, -0.2) is 14.8 Å². The number of rotatable bonds is 2. The maximum absolute atomic E-state index is 5.30. The van der Waals surface area contributed by atoms with Gasteiger partial charge in [-0.1, -0.05) is 18.2 Å². The first-order valence-corrected chi connectivity index (χ1v) is 7.26. The predicted molar refractivity (Wildman–Crippen MR) is 79.8 cm³/mol. The van der Waals surface area contributed by atoms with Crippen molar-refractivity contribution in [2.24, 2.45) is 0 Å². The lowest BCUT2D eigenvalue weighted by Gasteiger charge is -2.04. The predicted octanol–water partition coefficient (Wildman–Crippen LogP) is 4.42. The fourth-order valence-electron chi connectivity index (χ4n) is 1.71. The highest BCUT2D eigenvalue weighted by Crippen LogP contribution is 2.31. The standard InChI is InChI=1S/C12H8BrN3S2/c13-10-7-6-9(18-10)11-14-15-12(17)16(11)8-4-2-1-3-5-8/h1-7H,(H,15,17). The molecule has 0 fully saturated rings. The third kappa shape index (κ3) is 2.07. The number of benzene rings is 1. The van der Waals surface area contributed by atoms with Crippen LogP contribution < -0.4 is 0 Å². The van der Waals surface area contributed by atoms with Crippen LogP contribution in [0.3, 0.4) is 0 Å². The summed E-state index contributed by atoms with van der Waals surface area (Å²) in [6.07, 6.45) is 0. The summed E-state index contributed by atoms with van der Waals surface area (Å²) in [4.78, 5) is 1.07. The minimum atomic E-state index is 0.598. The van der Waals surface area contributed by atoms with Crippen molar-refractivity contribution in [2.75, 3.05) is 0 Å². The van der Waals surface area contributed by atoms with Crippen molar-refractivity contribution in [3.63, 3.8) is 0 Å². The second-order valence-corrected chi connectivity index (χ2v) is 6.48. The molecule has 0 aliphatic carbocycles. The third-order valence-corrected chi connectivity index (χ3v) is 4.37. The molecule has 2 heterocycles. The zero-order chi connectivity index (χ0) is 12.5. The first kappa shape index (κ1) is 11.8. The summed E-state index contributed by atoms with van der Waals surface area (Å²) in [6.45, 7) is 0. The summed E-state index contributed by atoms with van der Waals surface area (Å²) in [5.41, 5.74) is 1.01. The first-order chi connectivity index (χ1) is 8.75. The van der Waals surface area contributed by atoms with Crippen LogP contribution >= 0.6 is 39.5 Å². The molecule has 90 valence electrons. The maximum atomic E-state index is 5.30. The van der Waals surface area contributed by atoms with E-state index in [0.29, 0.717) is 4.77 Å². The number of aromatic amines is 1. The number of aromatic nitrogens is 3. The van der Waals surface area contributed by atoms with Crippen molar-refractivity contribution in [3.05, 3.63) is 51.0 Å². The van der Waals surface area contributed by atoms with Gasteiger partial charge in [0.05, 0.1) is 8.66 Å². The minimum absolute atomic E-state index is 0.598. The van der Waals surface area contributed by atoms with E-state index in [4.69, 9.17) is 12.2 Å². The number of hydrogen-bond donors (Lipinski definition) is 1. The van der Waals surface area contributed by atoms with E-state index < -0.39 is 0 Å². The molecule has 3 aromatic rings. The van der Waals surface area contributed by atoms with E-state index in [9.17, 15) is 0 Å². The van der Waals surface area contributed by atoms with E-state index in [1.807, 2.05) is 47.0 Å². The van der Waals surface area contributed by atoms with Crippen molar-refractivity contribution in [2.45, 2.75) is 0 Å². The molecule has 0 bridgehead atoms. The fraction of sp³-hybridized carbons (Fsp3) is 0. The van der Waals surface area contributed by atoms with Crippen LogP contribution in [0.25, 0.3) is 16.4 Å². The second kappa shape index (κ2) is 4.79. The molecule has 0 aliphatic rings. The molecule has 0 aliphatic heterocycles. The molecular formula is C12H8BrN3S2. The summed E-state index contributed by atoms with van der Waals surface area (Å²) in [5.74, 6) is 0.835. The number of thiophene rings is 1. The van der Waals surface area contributed by atoms with Crippen LogP contribution in [0.15, 0.2) is 46.3 Å². The zero-order valence-electron chi connectivity index (χ0n) is 9.13. The Labute approximate surface area is 121 Å². The van der Waals surface area contributed by atoms with Crippen LogP contribution in [0.4, 0.5) is 0 Å². The smallest absolute Gasteiger partial charge is 0.200 e. The largest absolute Gasteiger partial charge is 0.267 e. The normalized spacial score (nSPS) is 10.7. The van der Waals surface area contributed by atoms with Crippen molar-refractivity contribution in [1.29, 1.82) is 0 Å². The average molecular weight is 338 g/mol. The van der Waals surface area contributed by atoms with Crippen molar-refractivity contribution >= 4 is 39.5 Å². The maximum Gasteiger partial charge on any atom is 0.200 e. The molecular weight excluding hydrogens is 330 g/mol. The number of nitrogens with zero attached hydrogens (tertiary/aromatic N) is 2. The van der Waals surface area contributed by atoms with Gasteiger partial charge in [0.1, 0.15) is 0 Å². The summed E-state index contributed by atoms with van der Waals surface area (Å²) in [5, 5.41) is 7.16. The van der Waals surface area contributed by atoms with Crippen LogP contribution in [0.2, 0.25) is 0 Å². The van der Waals surface area contributed by atoms with Gasteiger partial charge >= 0.3 is 0 Å². The topological polar surface area (TPSA) is 33.6 Å². The van der Waals surface area contributed by atoms with Crippen LogP contribution in [0, 0.1) is 4.77 Å². The van der Waals surface area contributed by atoms with E-state index >= 15 is 0 Å². The van der Waals surface area contributed by atoms with Crippen molar-refractivity contribution in [3.8, 4) is 16.4 Å². The number of para-hydroxylation sites is 1. The number of hydrogen-bond acceptors (Lipinski definition) is 3. The molecule has 1 aromatic carbocycles. The summed E-state index contributed by atoms with van der Waals surface area (Å²) < 4.78 is 3.61. The van der Waals surface area contributed by atoms with Crippen LogP contribution in [0.1, 0.15) is 0 Å². The van der Waals surface area contributed by atoms with E-state index in [-0.39, 0.29) is 0 Å². The van der Waals surface area contributed by atoms with Gasteiger partial charge in [0.15, 0.2) is 10.6 Å². The molecule has 0 unspecified atom stereocenters. The second-order valence-electron chi connectivity index (χ2n) is 3.63. The quantitative estimate of drug-likeness (QED) is 0.702. The molecule has 0 amide bonds. The number of nitrogens with one attached hydrogen (secondary N) is 1. The summed E-state index contributed by atoms with van der Waals surface area (Å²) in [7, 11) is 0. The Morgan fingerprint density at radius 2 is 1.94 bits per heavy atom. The van der Waals surface area contributed by atoms with Gasteiger partial charge in [0.25, 0.3) is 0 Å². The van der Waals surface area contributed by atoms with Gasteiger partial charge in [0, 0.05) is 5.69 Å².